The van der Waals surface area contributed by atoms with E-state index in [0.29, 0.717) is 0 Å². The summed E-state index contributed by atoms with van der Waals surface area (Å²) in [6, 6.07) is 2.06. The molecule has 1 rings (SSSR count). The van der Waals surface area contributed by atoms with Crippen molar-refractivity contribution in [1.82, 2.24) is 0 Å². The first-order valence-electron chi connectivity index (χ1n) is 2.95. The van der Waals surface area contributed by atoms with Crippen LogP contribution in [0.4, 0.5) is 0 Å². The van der Waals surface area contributed by atoms with Crippen molar-refractivity contribution in [3.05, 3.63) is 22.4 Å². The first-order valence-corrected chi connectivity index (χ1v) is 3.90. The van der Waals surface area contributed by atoms with Crippen LogP contribution >= 0.6 is 11.3 Å². The fourth-order valence-corrected chi connectivity index (χ4v) is 1.16. The number of nitrogens with zero attached hydrogens (tertiary/aromatic N) is 1. The Morgan fingerprint density at radius 2 is 2.67 bits per heavy atom. The molecule has 1 nitrogen and oxygen atoms in total. The van der Waals surface area contributed by atoms with Gasteiger partial charge in [0.15, 0.2) is 0 Å². The van der Waals surface area contributed by atoms with E-state index in [1.165, 1.54) is 5.56 Å². The van der Waals surface area contributed by atoms with Crippen LogP contribution in [0.3, 0.4) is 0 Å². The molecule has 0 fully saturated rings. The molecule has 0 bridgehead atoms. The minimum atomic E-state index is 0.871. The molecule has 48 valence electrons. The monoisotopic (exact) mass is 139 g/mol. The molecule has 0 aliphatic rings. The fraction of sp³-hybridized carbons (Fsp3) is 0.286. The molecule has 0 N–H and O–H groups in total. The number of aliphatic imine (C=N–C) groups is 1. The van der Waals surface area contributed by atoms with Crippen LogP contribution < -0.4 is 0 Å². The van der Waals surface area contributed by atoms with Crippen LogP contribution in [0.5, 0.6) is 0 Å². The van der Waals surface area contributed by atoms with Crippen LogP contribution in [0.15, 0.2) is 21.8 Å². The first-order chi connectivity index (χ1) is 4.43. The molecule has 0 aliphatic heterocycles. The third-order valence-corrected chi connectivity index (χ3v) is 1.67. The molecule has 9 heavy (non-hydrogen) atoms. The highest BCUT2D eigenvalue weighted by Gasteiger charge is 1.82. The summed E-state index contributed by atoms with van der Waals surface area (Å²) in [5, 5.41) is 4.14. The van der Waals surface area contributed by atoms with Crippen molar-refractivity contribution < 1.29 is 0 Å². The lowest BCUT2D eigenvalue weighted by Crippen LogP contribution is -1.74. The van der Waals surface area contributed by atoms with Crippen molar-refractivity contribution in [2.75, 3.05) is 6.54 Å². The van der Waals surface area contributed by atoms with Crippen LogP contribution in [0.25, 0.3) is 0 Å². The van der Waals surface area contributed by atoms with E-state index in [0.717, 1.165) is 6.54 Å². The topological polar surface area (TPSA) is 12.4 Å². The molecule has 0 spiro atoms. The van der Waals surface area contributed by atoms with Gasteiger partial charge in [0.2, 0.25) is 0 Å². The zero-order chi connectivity index (χ0) is 6.53. The first kappa shape index (κ1) is 6.49. The van der Waals surface area contributed by atoms with Gasteiger partial charge in [-0.25, -0.2) is 0 Å². The SMILES string of the molecule is CCN=Cc1ccsc1. The van der Waals surface area contributed by atoms with Gasteiger partial charge in [-0.05, 0) is 23.8 Å². The molecule has 0 atom stereocenters. The molecule has 0 aliphatic carbocycles. The lowest BCUT2D eigenvalue weighted by molar-refractivity contribution is 1.14. The second kappa shape index (κ2) is 3.41. The highest BCUT2D eigenvalue weighted by Crippen LogP contribution is 2.01. The number of rotatable bonds is 2. The summed E-state index contributed by atoms with van der Waals surface area (Å²) in [5.74, 6) is 0. The van der Waals surface area contributed by atoms with Gasteiger partial charge in [0, 0.05) is 18.3 Å². The normalized spacial score (nSPS) is 10.8. The third kappa shape index (κ3) is 1.98. The van der Waals surface area contributed by atoms with Crippen molar-refractivity contribution >= 4 is 17.6 Å². The zero-order valence-corrected chi connectivity index (χ0v) is 6.19. The molecule has 1 aromatic rings. The number of thiophene rings is 1. The van der Waals surface area contributed by atoms with E-state index in [2.05, 4.69) is 21.8 Å². The third-order valence-electron chi connectivity index (χ3n) is 0.966. The fourth-order valence-electron chi connectivity index (χ4n) is 0.545. The summed E-state index contributed by atoms with van der Waals surface area (Å²) in [6.45, 7) is 2.90. The van der Waals surface area contributed by atoms with Gasteiger partial charge in [0.1, 0.15) is 0 Å². The van der Waals surface area contributed by atoms with Gasteiger partial charge < -0.3 is 0 Å². The Morgan fingerprint density at radius 1 is 1.78 bits per heavy atom. The van der Waals surface area contributed by atoms with Crippen LogP contribution in [-0.4, -0.2) is 12.8 Å². The summed E-state index contributed by atoms with van der Waals surface area (Å²) >= 11 is 1.70. The van der Waals surface area contributed by atoms with Crippen LogP contribution in [-0.2, 0) is 0 Å². The van der Waals surface area contributed by atoms with E-state index in [4.69, 9.17) is 0 Å². The summed E-state index contributed by atoms with van der Waals surface area (Å²) in [4.78, 5) is 4.10. The van der Waals surface area contributed by atoms with Crippen molar-refractivity contribution in [2.45, 2.75) is 6.92 Å². The highest BCUT2D eigenvalue weighted by molar-refractivity contribution is 7.08. The molecule has 0 saturated heterocycles. The minimum Gasteiger partial charge on any atom is -0.293 e. The van der Waals surface area contributed by atoms with Crippen molar-refractivity contribution in [1.29, 1.82) is 0 Å². The van der Waals surface area contributed by atoms with Crippen molar-refractivity contribution in [3.63, 3.8) is 0 Å². The Labute approximate surface area is 59.1 Å². The van der Waals surface area contributed by atoms with Gasteiger partial charge in [-0.2, -0.15) is 11.3 Å². The van der Waals surface area contributed by atoms with E-state index < -0.39 is 0 Å². The van der Waals surface area contributed by atoms with E-state index in [1.54, 1.807) is 11.3 Å². The van der Waals surface area contributed by atoms with Gasteiger partial charge in [-0.3, -0.25) is 4.99 Å². The number of hydrogen-bond acceptors (Lipinski definition) is 2. The van der Waals surface area contributed by atoms with E-state index in [1.807, 2.05) is 13.1 Å². The summed E-state index contributed by atoms with van der Waals surface area (Å²) in [5.41, 5.74) is 1.21. The molecule has 1 heterocycles. The molecule has 0 radical (unpaired) electrons. The summed E-state index contributed by atoms with van der Waals surface area (Å²) in [7, 11) is 0. The predicted octanol–water partition coefficient (Wildman–Crippen LogP) is 2.19. The molecule has 0 saturated carbocycles. The van der Waals surface area contributed by atoms with Crippen LogP contribution in [0, 0.1) is 0 Å². The van der Waals surface area contributed by atoms with E-state index in [9.17, 15) is 0 Å². The minimum absolute atomic E-state index is 0.871. The lowest BCUT2D eigenvalue weighted by atomic mass is 10.4. The van der Waals surface area contributed by atoms with Crippen molar-refractivity contribution in [3.8, 4) is 0 Å². The summed E-state index contributed by atoms with van der Waals surface area (Å²) in [6.07, 6.45) is 1.90. The predicted molar refractivity (Wildman–Crippen MR) is 42.5 cm³/mol. The Morgan fingerprint density at radius 3 is 3.22 bits per heavy atom. The van der Waals surface area contributed by atoms with Crippen molar-refractivity contribution in [2.24, 2.45) is 4.99 Å². The van der Waals surface area contributed by atoms with Gasteiger partial charge >= 0.3 is 0 Å². The van der Waals surface area contributed by atoms with Gasteiger partial charge in [-0.15, -0.1) is 0 Å². The quantitative estimate of drug-likeness (QED) is 0.557. The second-order valence-electron chi connectivity index (χ2n) is 1.68. The molecule has 0 amide bonds. The molecule has 1 aromatic heterocycles. The van der Waals surface area contributed by atoms with Crippen LogP contribution in [0.2, 0.25) is 0 Å². The number of hydrogen-bond donors (Lipinski definition) is 0. The maximum absolute atomic E-state index is 4.10. The average Bonchev–Trinajstić information content (AvgIpc) is 2.34. The largest absolute Gasteiger partial charge is 0.293 e. The van der Waals surface area contributed by atoms with Crippen LogP contribution in [0.1, 0.15) is 12.5 Å². The molecule has 2 heteroatoms. The zero-order valence-electron chi connectivity index (χ0n) is 5.37. The summed E-state index contributed by atoms with van der Waals surface area (Å²) < 4.78 is 0. The van der Waals surface area contributed by atoms with E-state index in [-0.39, 0.29) is 0 Å². The molecular formula is C7H9NS. The second-order valence-corrected chi connectivity index (χ2v) is 2.46. The average molecular weight is 139 g/mol. The van der Waals surface area contributed by atoms with Gasteiger partial charge in [-0.1, -0.05) is 0 Å². The molecule has 0 unspecified atom stereocenters. The Balaban J connectivity index is 2.57. The van der Waals surface area contributed by atoms with Gasteiger partial charge in [0.25, 0.3) is 0 Å². The maximum Gasteiger partial charge on any atom is 0.0361 e. The Bertz CT molecular complexity index is 177. The Hall–Kier alpha value is -0.630. The smallest absolute Gasteiger partial charge is 0.0361 e. The standard InChI is InChI=1S/C7H9NS/c1-2-8-5-7-3-4-9-6-7/h3-6H,2H2,1H3. The molecular weight excluding hydrogens is 130 g/mol. The lowest BCUT2D eigenvalue weighted by Gasteiger charge is -1.79. The highest BCUT2D eigenvalue weighted by atomic mass is 32.1. The molecule has 0 aromatic carbocycles. The van der Waals surface area contributed by atoms with E-state index >= 15 is 0 Å². The Kier molecular flexibility index (Phi) is 2.46. The maximum atomic E-state index is 4.10. The van der Waals surface area contributed by atoms with Gasteiger partial charge in [0.05, 0.1) is 0 Å².